The number of hydrogen-bond acceptors (Lipinski definition) is 3. The number of aryl methyl sites for hydroxylation is 2. The van der Waals surface area contributed by atoms with E-state index in [0.717, 1.165) is 11.1 Å². The van der Waals surface area contributed by atoms with E-state index in [0.29, 0.717) is 11.3 Å². The van der Waals surface area contributed by atoms with Gasteiger partial charge in [-0.1, -0.05) is 0 Å². The van der Waals surface area contributed by atoms with Crippen LogP contribution in [-0.2, 0) is 4.79 Å². The van der Waals surface area contributed by atoms with E-state index in [4.69, 9.17) is 9.84 Å². The highest BCUT2D eigenvalue weighted by Gasteiger charge is 2.47. The van der Waals surface area contributed by atoms with E-state index >= 15 is 0 Å². The Balaban J connectivity index is 2.24. The van der Waals surface area contributed by atoms with Gasteiger partial charge in [0.05, 0.1) is 13.7 Å². The van der Waals surface area contributed by atoms with E-state index in [1.807, 2.05) is 13.8 Å². The van der Waals surface area contributed by atoms with Crippen LogP contribution in [0.3, 0.4) is 0 Å². The van der Waals surface area contributed by atoms with Crippen molar-refractivity contribution in [1.29, 1.82) is 0 Å². The summed E-state index contributed by atoms with van der Waals surface area (Å²) in [5.41, 5.74) is -0.304. The molecule has 21 heavy (non-hydrogen) atoms. The van der Waals surface area contributed by atoms with Gasteiger partial charge < -0.3 is 14.7 Å². The van der Waals surface area contributed by atoms with Crippen LogP contribution in [0, 0.1) is 13.8 Å². The van der Waals surface area contributed by atoms with Gasteiger partial charge >= 0.3 is 5.97 Å². The molecule has 0 unspecified atom stereocenters. The molecule has 1 aliphatic heterocycles. The average molecular weight is 295 g/mol. The molecule has 1 N–H and O–H groups in total. The van der Waals surface area contributed by atoms with Crippen molar-refractivity contribution in [2.75, 3.05) is 20.2 Å². The van der Waals surface area contributed by atoms with E-state index in [2.05, 4.69) is 0 Å². The summed E-state index contributed by atoms with van der Waals surface area (Å²) in [4.78, 5) is 24.5. The van der Waals surface area contributed by atoms with Crippen molar-refractivity contribution in [3.63, 3.8) is 0 Å². The Bertz CT molecular complexity index is 578. The smallest absolute Gasteiger partial charge is 0.343 e. The van der Waals surface area contributed by atoms with Crippen LogP contribution in [0.25, 0.3) is 0 Å². The Morgan fingerprint density at radius 2 is 1.90 bits per heavy atom. The third-order valence-corrected chi connectivity index (χ3v) is 3.80. The van der Waals surface area contributed by atoms with Crippen LogP contribution in [0.1, 0.15) is 27.9 Å². The molecule has 5 nitrogen and oxygen atoms in total. The van der Waals surface area contributed by atoms with Gasteiger partial charge in [0.1, 0.15) is 5.75 Å². The summed E-state index contributed by atoms with van der Waals surface area (Å²) < 4.78 is 19.3. The van der Waals surface area contributed by atoms with E-state index < -0.39 is 18.2 Å². The number of ether oxygens (including phenoxy) is 1. The first-order valence-corrected chi connectivity index (χ1v) is 6.65. The maximum Gasteiger partial charge on any atom is 0.343 e. The van der Waals surface area contributed by atoms with Gasteiger partial charge in [-0.3, -0.25) is 4.79 Å². The number of carbonyl (C=O) groups excluding carboxylic acids is 1. The van der Waals surface area contributed by atoms with Crippen LogP contribution in [0.4, 0.5) is 4.39 Å². The molecule has 0 spiro atoms. The molecule has 114 valence electrons. The summed E-state index contributed by atoms with van der Waals surface area (Å²) in [5.74, 6) is -1.16. The van der Waals surface area contributed by atoms with Gasteiger partial charge in [-0.2, -0.15) is 0 Å². The van der Waals surface area contributed by atoms with E-state index in [9.17, 15) is 14.0 Å². The fourth-order valence-corrected chi connectivity index (χ4v) is 2.70. The molecule has 1 fully saturated rings. The van der Waals surface area contributed by atoms with Crippen LogP contribution in [0.15, 0.2) is 12.1 Å². The zero-order valence-electron chi connectivity index (χ0n) is 12.3. The largest absolute Gasteiger partial charge is 0.496 e. The summed E-state index contributed by atoms with van der Waals surface area (Å²) in [6.45, 7) is 3.34. The summed E-state index contributed by atoms with van der Waals surface area (Å²) in [6, 6.07) is 3.35. The topological polar surface area (TPSA) is 66.8 Å². The number of likely N-dealkylation sites (tertiary alicyclic amines) is 1. The molecular formula is C15H18FNO4. The Morgan fingerprint density at radius 1 is 1.33 bits per heavy atom. The molecule has 2 rings (SSSR count). The number of methoxy groups -OCH3 is 1. The van der Waals surface area contributed by atoms with Crippen LogP contribution in [-0.4, -0.2) is 47.8 Å². The van der Waals surface area contributed by atoms with Crippen LogP contribution in [0.2, 0.25) is 0 Å². The van der Waals surface area contributed by atoms with Crippen molar-refractivity contribution in [1.82, 2.24) is 4.90 Å². The van der Waals surface area contributed by atoms with Crippen molar-refractivity contribution in [3.8, 4) is 5.75 Å². The number of carboxylic acid groups (broad SMARTS) is 1. The van der Waals surface area contributed by atoms with Gasteiger partial charge in [0.2, 0.25) is 5.67 Å². The number of carboxylic acids is 1. The minimum absolute atomic E-state index is 0.103. The molecule has 0 aliphatic carbocycles. The van der Waals surface area contributed by atoms with Gasteiger partial charge in [-0.05, 0) is 37.1 Å². The van der Waals surface area contributed by atoms with Crippen molar-refractivity contribution in [3.05, 3.63) is 28.8 Å². The second-order valence-electron chi connectivity index (χ2n) is 5.39. The Labute approximate surface area is 122 Å². The monoisotopic (exact) mass is 295 g/mol. The number of carbonyl (C=O) groups is 2. The average Bonchev–Trinajstić information content (AvgIpc) is 2.81. The first-order valence-electron chi connectivity index (χ1n) is 6.65. The molecule has 1 aliphatic rings. The van der Waals surface area contributed by atoms with E-state index in [1.165, 1.54) is 4.90 Å². The fourth-order valence-electron chi connectivity index (χ4n) is 2.70. The van der Waals surface area contributed by atoms with Gasteiger partial charge in [0.25, 0.3) is 5.91 Å². The molecule has 1 atom stereocenters. The van der Waals surface area contributed by atoms with Crippen LogP contribution < -0.4 is 4.74 Å². The van der Waals surface area contributed by atoms with Crippen molar-refractivity contribution >= 4 is 11.9 Å². The quantitative estimate of drug-likeness (QED) is 0.925. The molecule has 0 aromatic heterocycles. The minimum atomic E-state index is -2.34. The number of aliphatic carboxylic acids is 1. The van der Waals surface area contributed by atoms with E-state index in [-0.39, 0.29) is 18.9 Å². The fraction of sp³-hybridized carbons (Fsp3) is 0.467. The first kappa shape index (κ1) is 15.3. The third kappa shape index (κ3) is 2.70. The zero-order valence-corrected chi connectivity index (χ0v) is 12.3. The van der Waals surface area contributed by atoms with Crippen molar-refractivity contribution in [2.45, 2.75) is 25.9 Å². The number of halogens is 1. The van der Waals surface area contributed by atoms with Crippen molar-refractivity contribution < 1.29 is 23.8 Å². The first-order chi connectivity index (χ1) is 9.78. The molecule has 1 aromatic rings. The molecule has 1 heterocycles. The number of nitrogens with zero attached hydrogens (tertiary/aromatic N) is 1. The number of benzene rings is 1. The lowest BCUT2D eigenvalue weighted by molar-refractivity contribution is -0.149. The van der Waals surface area contributed by atoms with Gasteiger partial charge in [-0.25, -0.2) is 9.18 Å². The van der Waals surface area contributed by atoms with E-state index in [1.54, 1.807) is 19.2 Å². The summed E-state index contributed by atoms with van der Waals surface area (Å²) in [5, 5.41) is 8.87. The van der Waals surface area contributed by atoms with Crippen LogP contribution >= 0.6 is 0 Å². The number of rotatable bonds is 3. The van der Waals surface area contributed by atoms with Gasteiger partial charge in [0.15, 0.2) is 0 Å². The Kier molecular flexibility index (Phi) is 3.89. The highest BCUT2D eigenvalue weighted by Crippen LogP contribution is 2.29. The van der Waals surface area contributed by atoms with Crippen molar-refractivity contribution in [2.24, 2.45) is 0 Å². The second-order valence-corrected chi connectivity index (χ2v) is 5.39. The Hall–Kier alpha value is -2.11. The predicted octanol–water partition coefficient (Wildman–Crippen LogP) is 1.95. The molecule has 1 saturated heterocycles. The predicted molar refractivity (Wildman–Crippen MR) is 74.5 cm³/mol. The molecule has 0 radical (unpaired) electrons. The molecular weight excluding hydrogens is 277 g/mol. The van der Waals surface area contributed by atoms with Crippen LogP contribution in [0.5, 0.6) is 5.75 Å². The number of hydrogen-bond donors (Lipinski definition) is 1. The SMILES string of the molecule is COc1c(C)cc(C(=O)N2CC[C@](F)(C(=O)O)C2)cc1C. The zero-order chi connectivity index (χ0) is 15.8. The maximum atomic E-state index is 14.0. The normalized spacial score (nSPS) is 21.4. The molecule has 6 heteroatoms. The molecule has 0 bridgehead atoms. The lowest BCUT2D eigenvalue weighted by atomic mass is 10.0. The lowest BCUT2D eigenvalue weighted by Crippen LogP contribution is -2.38. The van der Waals surface area contributed by atoms with Gasteiger partial charge in [-0.15, -0.1) is 0 Å². The summed E-state index contributed by atoms with van der Waals surface area (Å²) in [6.07, 6.45) is -0.178. The maximum absolute atomic E-state index is 14.0. The molecule has 1 amide bonds. The molecule has 1 aromatic carbocycles. The molecule has 0 saturated carbocycles. The number of amides is 1. The Morgan fingerprint density at radius 3 is 2.33 bits per heavy atom. The second kappa shape index (κ2) is 5.35. The summed E-state index contributed by atoms with van der Waals surface area (Å²) in [7, 11) is 1.56. The lowest BCUT2D eigenvalue weighted by Gasteiger charge is -2.19. The minimum Gasteiger partial charge on any atom is -0.496 e. The summed E-state index contributed by atoms with van der Waals surface area (Å²) >= 11 is 0. The number of alkyl halides is 1. The third-order valence-electron chi connectivity index (χ3n) is 3.80. The standard InChI is InChI=1S/C15H18FNO4/c1-9-6-11(7-10(2)12(9)21-3)13(18)17-5-4-15(16,8-17)14(19)20/h6-7H,4-5,8H2,1-3H3,(H,19,20)/t15-/m1/s1. The highest BCUT2D eigenvalue weighted by molar-refractivity contribution is 5.96. The van der Waals surface area contributed by atoms with Gasteiger partial charge in [0, 0.05) is 18.5 Å². The highest BCUT2D eigenvalue weighted by atomic mass is 19.1.